The smallest absolute Gasteiger partial charge is 0.262 e. The molecule has 0 aliphatic heterocycles. The normalized spacial score (nSPS) is 38.9. The zero-order valence-electron chi connectivity index (χ0n) is 12.7. The third-order valence-electron chi connectivity index (χ3n) is 5.83. The molecule has 0 heterocycles. The van der Waals surface area contributed by atoms with Crippen molar-refractivity contribution in [2.45, 2.75) is 51.4 Å². The second kappa shape index (κ2) is 5.48. The van der Waals surface area contributed by atoms with Crippen LogP contribution in [0.5, 0.6) is 0 Å². The molecule has 0 saturated heterocycles. The summed E-state index contributed by atoms with van der Waals surface area (Å²) in [7, 11) is 0. The van der Waals surface area contributed by atoms with Crippen molar-refractivity contribution in [1.29, 1.82) is 0 Å². The fourth-order valence-electron chi connectivity index (χ4n) is 4.67. The van der Waals surface area contributed by atoms with E-state index >= 15 is 0 Å². The summed E-state index contributed by atoms with van der Waals surface area (Å²) in [5.74, 6) is 1.06. The summed E-state index contributed by atoms with van der Waals surface area (Å²) >= 11 is 0. The fourth-order valence-corrected chi connectivity index (χ4v) is 4.67. The SMILES string of the molecule is O=C(N/N=C1/C[C@@H]2CC[C@@H]1C2)C(=O)N/N=C1/C[C@@H]2CC[C@@H]1C2. The molecule has 4 fully saturated rings. The monoisotopic (exact) mass is 302 g/mol. The summed E-state index contributed by atoms with van der Waals surface area (Å²) in [5.41, 5.74) is 6.88. The lowest BCUT2D eigenvalue weighted by Gasteiger charge is -2.12. The summed E-state index contributed by atoms with van der Waals surface area (Å²) < 4.78 is 0. The molecule has 4 bridgehead atoms. The number of carbonyl (C=O) groups excluding carboxylic acids is 2. The van der Waals surface area contributed by atoms with Gasteiger partial charge in [0.15, 0.2) is 0 Å². The van der Waals surface area contributed by atoms with E-state index in [9.17, 15) is 9.59 Å². The largest absolute Gasteiger partial charge is 0.331 e. The molecule has 118 valence electrons. The van der Waals surface area contributed by atoms with Gasteiger partial charge in [0.2, 0.25) is 0 Å². The minimum Gasteiger partial charge on any atom is -0.262 e. The van der Waals surface area contributed by atoms with Crippen molar-refractivity contribution in [3.05, 3.63) is 0 Å². The van der Waals surface area contributed by atoms with Crippen LogP contribution in [0.4, 0.5) is 0 Å². The Balaban J connectivity index is 1.28. The van der Waals surface area contributed by atoms with E-state index in [1.54, 1.807) is 0 Å². The van der Waals surface area contributed by atoms with Crippen LogP contribution < -0.4 is 10.9 Å². The molecule has 4 saturated carbocycles. The highest BCUT2D eigenvalue weighted by molar-refractivity contribution is 6.35. The molecule has 0 aromatic carbocycles. The lowest BCUT2D eigenvalue weighted by molar-refractivity contribution is -0.139. The van der Waals surface area contributed by atoms with Gasteiger partial charge in [-0.15, -0.1) is 0 Å². The zero-order valence-corrected chi connectivity index (χ0v) is 12.7. The van der Waals surface area contributed by atoms with Gasteiger partial charge in [0.05, 0.1) is 0 Å². The van der Waals surface area contributed by atoms with E-state index < -0.39 is 11.8 Å². The first kappa shape index (κ1) is 13.9. The molecule has 0 spiro atoms. The summed E-state index contributed by atoms with van der Waals surface area (Å²) in [5, 5.41) is 8.31. The minimum absolute atomic E-state index is 0.516. The molecule has 4 aliphatic carbocycles. The Morgan fingerprint density at radius 1 is 0.773 bits per heavy atom. The van der Waals surface area contributed by atoms with Gasteiger partial charge in [-0.2, -0.15) is 10.2 Å². The number of amides is 2. The molecular formula is C16H22N4O2. The fraction of sp³-hybridized carbons (Fsp3) is 0.750. The highest BCUT2D eigenvalue weighted by Gasteiger charge is 2.37. The molecule has 6 heteroatoms. The maximum absolute atomic E-state index is 11.8. The molecule has 4 aliphatic rings. The van der Waals surface area contributed by atoms with Crippen molar-refractivity contribution in [2.75, 3.05) is 0 Å². The lowest BCUT2D eigenvalue weighted by atomic mass is 9.99. The van der Waals surface area contributed by atoms with Crippen molar-refractivity contribution >= 4 is 23.2 Å². The van der Waals surface area contributed by atoms with Crippen LogP contribution >= 0.6 is 0 Å². The molecule has 22 heavy (non-hydrogen) atoms. The van der Waals surface area contributed by atoms with Gasteiger partial charge in [-0.1, -0.05) is 0 Å². The molecule has 0 aromatic heterocycles. The van der Waals surface area contributed by atoms with Gasteiger partial charge in [0, 0.05) is 11.4 Å². The molecular weight excluding hydrogens is 280 g/mol. The average molecular weight is 302 g/mol. The highest BCUT2D eigenvalue weighted by atomic mass is 16.2. The number of hydrazone groups is 2. The number of rotatable bonds is 2. The molecule has 2 N–H and O–H groups in total. The molecule has 4 rings (SSSR count). The summed E-state index contributed by atoms with van der Waals surface area (Å²) in [6.07, 6.45) is 9.21. The van der Waals surface area contributed by atoms with Crippen LogP contribution in [0.25, 0.3) is 0 Å². The van der Waals surface area contributed by atoms with Crippen LogP contribution in [0.2, 0.25) is 0 Å². The molecule has 0 aromatic rings. The zero-order chi connectivity index (χ0) is 15.1. The van der Waals surface area contributed by atoms with Crippen molar-refractivity contribution in [3.8, 4) is 0 Å². The molecule has 6 nitrogen and oxygen atoms in total. The first-order valence-corrected chi connectivity index (χ1v) is 8.42. The predicted octanol–water partition coefficient (Wildman–Crippen LogP) is 1.57. The number of carbonyl (C=O) groups is 2. The van der Waals surface area contributed by atoms with E-state index in [4.69, 9.17) is 0 Å². The molecule has 0 unspecified atom stereocenters. The second-order valence-corrected chi connectivity index (χ2v) is 7.25. The Morgan fingerprint density at radius 2 is 1.23 bits per heavy atom. The van der Waals surface area contributed by atoms with Gasteiger partial charge in [0.1, 0.15) is 0 Å². The van der Waals surface area contributed by atoms with E-state index in [0.717, 1.165) is 36.1 Å². The van der Waals surface area contributed by atoms with Gasteiger partial charge < -0.3 is 0 Å². The Morgan fingerprint density at radius 3 is 1.55 bits per heavy atom. The summed E-state index contributed by atoms with van der Waals surface area (Å²) in [4.78, 5) is 23.5. The maximum Gasteiger partial charge on any atom is 0.331 e. The minimum atomic E-state index is -0.720. The van der Waals surface area contributed by atoms with Crippen LogP contribution in [0.3, 0.4) is 0 Å². The number of hydrogen-bond donors (Lipinski definition) is 2. The molecule has 0 radical (unpaired) electrons. The number of nitrogens with one attached hydrogen (secondary N) is 2. The molecule has 4 atom stereocenters. The third kappa shape index (κ3) is 2.55. The third-order valence-corrected chi connectivity index (χ3v) is 5.83. The molecule has 2 amide bonds. The Hall–Kier alpha value is -1.72. The van der Waals surface area contributed by atoms with E-state index in [1.165, 1.54) is 38.5 Å². The van der Waals surface area contributed by atoms with Crippen molar-refractivity contribution in [2.24, 2.45) is 33.9 Å². The van der Waals surface area contributed by atoms with Gasteiger partial charge in [-0.3, -0.25) is 9.59 Å². The van der Waals surface area contributed by atoms with Crippen LogP contribution in [0.15, 0.2) is 10.2 Å². The van der Waals surface area contributed by atoms with Crippen LogP contribution in [0, 0.1) is 23.7 Å². The van der Waals surface area contributed by atoms with Crippen LogP contribution in [0.1, 0.15) is 51.4 Å². The van der Waals surface area contributed by atoms with Gasteiger partial charge in [0.25, 0.3) is 0 Å². The van der Waals surface area contributed by atoms with Gasteiger partial charge >= 0.3 is 11.8 Å². The maximum atomic E-state index is 11.8. The second-order valence-electron chi connectivity index (χ2n) is 7.25. The van der Waals surface area contributed by atoms with Crippen molar-refractivity contribution in [1.82, 2.24) is 10.9 Å². The summed E-state index contributed by atoms with van der Waals surface area (Å²) in [6.45, 7) is 0. The Kier molecular flexibility index (Phi) is 3.47. The number of hydrogen-bond acceptors (Lipinski definition) is 4. The van der Waals surface area contributed by atoms with Gasteiger partial charge in [-0.05, 0) is 75.0 Å². The first-order chi connectivity index (χ1) is 10.7. The lowest BCUT2D eigenvalue weighted by Crippen LogP contribution is -2.36. The van der Waals surface area contributed by atoms with E-state index in [-0.39, 0.29) is 0 Å². The van der Waals surface area contributed by atoms with Crippen LogP contribution in [-0.2, 0) is 9.59 Å². The van der Waals surface area contributed by atoms with Crippen molar-refractivity contribution in [3.63, 3.8) is 0 Å². The standard InChI is InChI=1S/C16H22N4O2/c21-15(19-17-13-7-9-1-3-11(13)5-9)16(22)20-18-14-8-10-2-4-12(14)6-10/h9-12H,1-8H2,(H,19,21)(H,20,22)/b17-13-,18-14-/t9-,10-,11-,12-/m1/s1. The predicted molar refractivity (Wildman–Crippen MR) is 82.1 cm³/mol. The van der Waals surface area contributed by atoms with E-state index in [0.29, 0.717) is 11.8 Å². The van der Waals surface area contributed by atoms with E-state index in [2.05, 4.69) is 21.1 Å². The van der Waals surface area contributed by atoms with Gasteiger partial charge in [-0.25, -0.2) is 10.9 Å². The average Bonchev–Trinajstić information content (AvgIpc) is 3.30. The van der Waals surface area contributed by atoms with E-state index in [1.807, 2.05) is 0 Å². The highest BCUT2D eigenvalue weighted by Crippen LogP contribution is 2.43. The Bertz CT molecular complexity index is 518. The summed E-state index contributed by atoms with van der Waals surface area (Å²) in [6, 6.07) is 0. The quantitative estimate of drug-likeness (QED) is 0.599. The number of nitrogens with zero attached hydrogens (tertiary/aromatic N) is 2. The Labute approximate surface area is 129 Å². The van der Waals surface area contributed by atoms with Crippen LogP contribution in [-0.4, -0.2) is 23.2 Å². The first-order valence-electron chi connectivity index (χ1n) is 8.42. The topological polar surface area (TPSA) is 82.9 Å². The van der Waals surface area contributed by atoms with Crippen molar-refractivity contribution < 1.29 is 9.59 Å². The number of fused-ring (bicyclic) bond motifs is 4.